The van der Waals surface area contributed by atoms with E-state index in [9.17, 15) is 0 Å². The van der Waals surface area contributed by atoms with Gasteiger partial charge in [0.1, 0.15) is 5.60 Å². The number of hydroxylamine groups is 2. The molecule has 6 heteroatoms. The van der Waals surface area contributed by atoms with Gasteiger partial charge in [-0.2, -0.15) is 0 Å². The van der Waals surface area contributed by atoms with Crippen molar-refractivity contribution in [2.75, 3.05) is 13.1 Å². The van der Waals surface area contributed by atoms with Crippen LogP contribution in [-0.4, -0.2) is 43.4 Å². The van der Waals surface area contributed by atoms with Crippen molar-refractivity contribution >= 4 is 25.8 Å². The minimum atomic E-state index is -1.64. The monoisotopic (exact) mass is 359 g/mol. The van der Waals surface area contributed by atoms with Crippen molar-refractivity contribution in [1.82, 2.24) is 5.06 Å². The Morgan fingerprint density at radius 2 is 1.61 bits per heavy atom. The zero-order valence-corrected chi connectivity index (χ0v) is 17.8. The van der Waals surface area contributed by atoms with E-state index in [0.29, 0.717) is 11.5 Å². The molecule has 0 bridgehead atoms. The van der Waals surface area contributed by atoms with Gasteiger partial charge in [-0.15, -0.1) is 5.06 Å². The molecule has 2 rings (SSSR count). The molecule has 4 nitrogen and oxygen atoms in total. The Bertz CT molecular complexity index is 453. The van der Waals surface area contributed by atoms with Crippen LogP contribution >= 0.6 is 12.2 Å². The summed E-state index contributed by atoms with van der Waals surface area (Å²) < 4.78 is 12.0. The van der Waals surface area contributed by atoms with Crippen molar-refractivity contribution in [2.45, 2.75) is 84.2 Å². The van der Waals surface area contributed by atoms with Gasteiger partial charge in [0.25, 0.3) is 0 Å². The molecule has 0 amide bonds. The van der Waals surface area contributed by atoms with Crippen LogP contribution < -0.4 is 0 Å². The molecule has 23 heavy (non-hydrogen) atoms. The number of ether oxygens (including phenoxy) is 1. The summed E-state index contributed by atoms with van der Waals surface area (Å²) in [5.41, 5.74) is 0.0720. The van der Waals surface area contributed by atoms with Crippen LogP contribution in [-0.2, 0) is 14.0 Å². The van der Waals surface area contributed by atoms with Gasteiger partial charge in [-0.3, -0.25) is 0 Å². The van der Waals surface area contributed by atoms with Gasteiger partial charge in [-0.05, 0) is 51.7 Å². The lowest BCUT2D eigenvalue weighted by atomic mass is 9.63. The fourth-order valence-corrected chi connectivity index (χ4v) is 4.69. The van der Waals surface area contributed by atoms with Gasteiger partial charge in [0, 0.05) is 36.8 Å². The highest BCUT2D eigenvalue weighted by atomic mass is 32.1. The van der Waals surface area contributed by atoms with E-state index < -0.39 is 8.32 Å². The van der Waals surface area contributed by atoms with Crippen LogP contribution in [0.2, 0.25) is 18.1 Å². The molecule has 0 N–H and O–H groups in total. The first-order chi connectivity index (χ1) is 10.2. The predicted molar refractivity (Wildman–Crippen MR) is 99.8 cm³/mol. The van der Waals surface area contributed by atoms with Gasteiger partial charge in [-0.1, -0.05) is 20.8 Å². The highest BCUT2D eigenvalue weighted by Gasteiger charge is 2.56. The van der Waals surface area contributed by atoms with Crippen LogP contribution in [0.1, 0.15) is 54.4 Å². The smallest absolute Gasteiger partial charge is 0.372 e. The second-order valence-corrected chi connectivity index (χ2v) is 14.9. The van der Waals surface area contributed by atoms with Crippen LogP contribution in [0.3, 0.4) is 0 Å². The molecule has 134 valence electrons. The molecule has 2 fully saturated rings. The minimum Gasteiger partial charge on any atom is -0.450 e. The second kappa shape index (κ2) is 5.97. The molecular formula is C17H33NO3SSi. The molecule has 0 aromatic rings. The summed E-state index contributed by atoms with van der Waals surface area (Å²) in [6.45, 7) is 19.3. The molecule has 0 unspecified atom stereocenters. The predicted octanol–water partition coefficient (Wildman–Crippen LogP) is 4.50. The average Bonchev–Trinajstić information content (AvgIpc) is 2.18. The molecule has 0 aromatic carbocycles. The van der Waals surface area contributed by atoms with Gasteiger partial charge in [0.2, 0.25) is 0 Å². The van der Waals surface area contributed by atoms with E-state index >= 15 is 0 Å². The second-order valence-electron chi connectivity index (χ2n) is 9.76. The largest absolute Gasteiger partial charge is 0.450 e. The van der Waals surface area contributed by atoms with E-state index in [1.165, 1.54) is 0 Å². The molecule has 1 heterocycles. The highest BCUT2D eigenvalue weighted by Crippen LogP contribution is 2.51. The Kier molecular flexibility index (Phi) is 4.97. The number of thiocarbonyl (C=S) groups is 1. The van der Waals surface area contributed by atoms with Crippen LogP contribution in [0.25, 0.3) is 0 Å². The third-order valence-electron chi connectivity index (χ3n) is 5.21. The lowest BCUT2D eigenvalue weighted by Gasteiger charge is -2.59. The van der Waals surface area contributed by atoms with Crippen molar-refractivity contribution in [3.63, 3.8) is 0 Å². The Morgan fingerprint density at radius 1 is 1.09 bits per heavy atom. The Balaban J connectivity index is 1.70. The maximum Gasteiger partial charge on any atom is 0.372 e. The van der Waals surface area contributed by atoms with Gasteiger partial charge in [0.05, 0.1) is 0 Å². The van der Waals surface area contributed by atoms with Gasteiger partial charge in [-0.25, -0.2) is 0 Å². The Hall–Kier alpha value is -0.173. The molecule has 0 aromatic heterocycles. The number of nitrogens with zero attached hydrogens (tertiary/aromatic N) is 1. The zero-order valence-electron chi connectivity index (χ0n) is 16.0. The Morgan fingerprint density at radius 3 is 2.04 bits per heavy atom. The quantitative estimate of drug-likeness (QED) is 0.547. The van der Waals surface area contributed by atoms with Crippen molar-refractivity contribution < 1.29 is 14.0 Å². The van der Waals surface area contributed by atoms with Crippen LogP contribution in [0.4, 0.5) is 0 Å². The lowest BCUT2D eigenvalue weighted by molar-refractivity contribution is -0.246. The van der Waals surface area contributed by atoms with Crippen LogP contribution in [0, 0.1) is 5.41 Å². The molecular weight excluding hydrogens is 326 g/mol. The van der Waals surface area contributed by atoms with E-state index in [1.807, 2.05) is 25.8 Å². The summed E-state index contributed by atoms with van der Waals surface area (Å²) in [5.74, 6) is 0. The summed E-state index contributed by atoms with van der Waals surface area (Å²) in [6.07, 6.45) is 2.72. The van der Waals surface area contributed by atoms with Gasteiger partial charge < -0.3 is 14.0 Å². The van der Waals surface area contributed by atoms with E-state index in [4.69, 9.17) is 26.2 Å². The van der Waals surface area contributed by atoms with E-state index in [2.05, 4.69) is 33.9 Å². The summed E-state index contributed by atoms with van der Waals surface area (Å²) in [7, 11) is -1.64. The van der Waals surface area contributed by atoms with Crippen LogP contribution in [0.5, 0.6) is 0 Å². The topological polar surface area (TPSA) is 30.9 Å². The first kappa shape index (κ1) is 19.2. The van der Waals surface area contributed by atoms with Crippen molar-refractivity contribution in [1.29, 1.82) is 0 Å². The first-order valence-corrected chi connectivity index (χ1v) is 11.9. The van der Waals surface area contributed by atoms with Crippen molar-refractivity contribution in [3.8, 4) is 0 Å². The standard InChI is InChI=1S/C17H33NO3SSi/c1-15(2,3)19-14(22)20-18-11-17(12-18)9-13(10-17)21-23(7,8)16(4,5)6/h13H,9-12H2,1-8H3. The SMILES string of the molecule is CC(C)(C)OC(=S)ON1CC2(CC(O[Si](C)(C)C(C)(C)C)C2)C1. The van der Waals surface area contributed by atoms with Crippen LogP contribution in [0.15, 0.2) is 0 Å². The Labute approximate surface area is 147 Å². The molecule has 1 spiro atoms. The zero-order chi connectivity index (χ0) is 17.7. The molecule has 2 aliphatic rings. The number of hydrogen-bond acceptors (Lipinski definition) is 5. The lowest BCUT2D eigenvalue weighted by Crippen LogP contribution is -2.65. The van der Waals surface area contributed by atoms with E-state index in [0.717, 1.165) is 25.9 Å². The maximum atomic E-state index is 6.48. The normalized spacial score (nSPS) is 22.4. The fraction of sp³-hybridized carbons (Fsp3) is 0.941. The summed E-state index contributed by atoms with van der Waals surface area (Å²) >= 11 is 5.14. The third kappa shape index (κ3) is 4.68. The van der Waals surface area contributed by atoms with Crippen molar-refractivity contribution in [3.05, 3.63) is 0 Å². The summed E-state index contributed by atoms with van der Waals surface area (Å²) in [5, 5.41) is 2.41. The minimum absolute atomic E-state index is 0.223. The maximum absolute atomic E-state index is 6.48. The number of rotatable bonds is 3. The van der Waals surface area contributed by atoms with Crippen molar-refractivity contribution in [2.24, 2.45) is 5.41 Å². The molecule has 1 aliphatic carbocycles. The molecule has 0 radical (unpaired) electrons. The molecule has 1 saturated heterocycles. The molecule has 1 saturated carbocycles. The fourth-order valence-electron chi connectivity index (χ4n) is 2.98. The summed E-state index contributed by atoms with van der Waals surface area (Å²) in [4.78, 5) is 5.59. The van der Waals surface area contributed by atoms with E-state index in [-0.39, 0.29) is 15.9 Å². The summed E-state index contributed by atoms with van der Waals surface area (Å²) in [6, 6.07) is 0. The molecule has 1 aliphatic heterocycles. The average molecular weight is 360 g/mol. The first-order valence-electron chi connectivity index (χ1n) is 8.55. The third-order valence-corrected chi connectivity index (χ3v) is 9.90. The van der Waals surface area contributed by atoms with Gasteiger partial charge in [0.15, 0.2) is 8.32 Å². The number of hydrogen-bond donors (Lipinski definition) is 0. The molecule has 0 atom stereocenters. The van der Waals surface area contributed by atoms with Gasteiger partial charge >= 0.3 is 5.24 Å². The highest BCUT2D eigenvalue weighted by molar-refractivity contribution is 7.79. The van der Waals surface area contributed by atoms with E-state index in [1.54, 1.807) is 0 Å².